The highest BCUT2D eigenvalue weighted by atomic mass is 19.1. The van der Waals surface area contributed by atoms with Gasteiger partial charge >= 0.3 is 0 Å². The number of alkyl halides is 1. The number of hydrogen-bond donors (Lipinski definition) is 2. The summed E-state index contributed by atoms with van der Waals surface area (Å²) in [5.74, 6) is -0.165. The van der Waals surface area contributed by atoms with Gasteiger partial charge in [0.2, 0.25) is 11.8 Å². The largest absolute Gasteiger partial charge is 0.362 e. The number of piperazine rings is 1. The van der Waals surface area contributed by atoms with Crippen LogP contribution < -0.4 is 10.6 Å². The average Bonchev–Trinajstić information content (AvgIpc) is 2.94. The molecule has 5 nitrogen and oxygen atoms in total. The Morgan fingerprint density at radius 1 is 1.30 bits per heavy atom. The fourth-order valence-corrected chi connectivity index (χ4v) is 4.09. The van der Waals surface area contributed by atoms with E-state index >= 15 is 4.39 Å². The monoisotopic (exact) mass is 317 g/mol. The van der Waals surface area contributed by atoms with Crippen molar-refractivity contribution in [3.8, 4) is 0 Å². The van der Waals surface area contributed by atoms with Crippen molar-refractivity contribution in [2.45, 2.75) is 50.6 Å². The van der Waals surface area contributed by atoms with Gasteiger partial charge in [-0.05, 0) is 18.4 Å². The first-order valence-corrected chi connectivity index (χ1v) is 8.09. The van der Waals surface area contributed by atoms with Crippen LogP contribution in [-0.4, -0.2) is 35.0 Å². The molecule has 0 bridgehead atoms. The van der Waals surface area contributed by atoms with Crippen LogP contribution >= 0.6 is 0 Å². The number of hydrogen-bond acceptors (Lipinski definition) is 3. The van der Waals surface area contributed by atoms with Crippen LogP contribution in [0.5, 0.6) is 0 Å². The first kappa shape index (κ1) is 14.5. The van der Waals surface area contributed by atoms with E-state index in [4.69, 9.17) is 0 Å². The van der Waals surface area contributed by atoms with E-state index in [-0.39, 0.29) is 24.2 Å². The molecule has 2 unspecified atom stereocenters. The molecule has 0 aromatic heterocycles. The Hall–Kier alpha value is -2.11. The molecule has 2 N–H and O–H groups in total. The maximum Gasteiger partial charge on any atom is 0.247 e. The van der Waals surface area contributed by atoms with Crippen molar-refractivity contribution in [3.05, 3.63) is 29.8 Å². The van der Waals surface area contributed by atoms with Crippen LogP contribution in [0.1, 0.15) is 32.3 Å². The molecule has 4 atom stereocenters. The summed E-state index contributed by atoms with van der Waals surface area (Å²) in [6.07, 6.45) is -0.224. The normalized spacial score (nSPS) is 34.8. The van der Waals surface area contributed by atoms with Crippen LogP contribution in [0, 0.1) is 5.92 Å². The Balaban J connectivity index is 1.71. The number of para-hydroxylation sites is 1. The highest BCUT2D eigenvalue weighted by molar-refractivity contribution is 5.98. The third kappa shape index (κ3) is 1.90. The topological polar surface area (TPSA) is 61.4 Å². The number of halogens is 1. The van der Waals surface area contributed by atoms with Crippen molar-refractivity contribution in [2.24, 2.45) is 5.92 Å². The van der Waals surface area contributed by atoms with Crippen molar-refractivity contribution < 1.29 is 14.0 Å². The van der Waals surface area contributed by atoms with Gasteiger partial charge in [0.25, 0.3) is 0 Å². The molecule has 2 saturated heterocycles. The molecule has 1 aromatic rings. The van der Waals surface area contributed by atoms with E-state index in [1.807, 2.05) is 26.0 Å². The zero-order valence-corrected chi connectivity index (χ0v) is 13.2. The smallest absolute Gasteiger partial charge is 0.247 e. The minimum absolute atomic E-state index is 0.00759. The van der Waals surface area contributed by atoms with E-state index in [9.17, 15) is 9.59 Å². The van der Waals surface area contributed by atoms with Gasteiger partial charge in [-0.2, -0.15) is 0 Å². The predicted molar refractivity (Wildman–Crippen MR) is 83.3 cm³/mol. The van der Waals surface area contributed by atoms with Crippen molar-refractivity contribution in [3.63, 3.8) is 0 Å². The number of carbonyl (C=O) groups excluding carboxylic acids is 2. The summed E-state index contributed by atoms with van der Waals surface area (Å²) in [5.41, 5.74) is -0.459. The molecule has 4 rings (SSSR count). The van der Waals surface area contributed by atoms with Gasteiger partial charge < -0.3 is 15.5 Å². The lowest BCUT2D eigenvalue weighted by Gasteiger charge is -2.38. The van der Waals surface area contributed by atoms with Gasteiger partial charge in [-0.1, -0.05) is 32.0 Å². The molecule has 122 valence electrons. The highest BCUT2D eigenvalue weighted by Gasteiger charge is 2.63. The minimum Gasteiger partial charge on any atom is -0.362 e. The van der Waals surface area contributed by atoms with E-state index in [0.717, 1.165) is 0 Å². The second kappa shape index (κ2) is 4.69. The van der Waals surface area contributed by atoms with Crippen LogP contribution in [0.4, 0.5) is 10.1 Å². The van der Waals surface area contributed by atoms with Gasteiger partial charge in [-0.25, -0.2) is 4.39 Å². The molecule has 6 heteroatoms. The van der Waals surface area contributed by atoms with Crippen molar-refractivity contribution in [1.29, 1.82) is 0 Å². The molecule has 1 aromatic carbocycles. The fourth-order valence-electron chi connectivity index (χ4n) is 4.09. The Kier molecular flexibility index (Phi) is 2.95. The van der Waals surface area contributed by atoms with E-state index in [2.05, 4.69) is 10.6 Å². The molecule has 2 amide bonds. The lowest BCUT2D eigenvalue weighted by Crippen LogP contribution is -2.64. The fraction of sp³-hybridized carbons (Fsp3) is 0.529. The molecule has 0 spiro atoms. The quantitative estimate of drug-likeness (QED) is 0.873. The van der Waals surface area contributed by atoms with Crippen LogP contribution in [0.25, 0.3) is 0 Å². The number of rotatable bonds is 2. The molecular formula is C17H20FN3O2. The van der Waals surface area contributed by atoms with Crippen LogP contribution in [-0.2, 0) is 15.3 Å². The molecule has 3 heterocycles. The van der Waals surface area contributed by atoms with E-state index in [1.54, 1.807) is 12.1 Å². The molecule has 2 fully saturated rings. The highest BCUT2D eigenvalue weighted by Crippen LogP contribution is 2.52. The number of nitrogens with zero attached hydrogens (tertiary/aromatic N) is 1. The van der Waals surface area contributed by atoms with Crippen LogP contribution in [0.15, 0.2) is 24.3 Å². The molecule has 0 saturated carbocycles. The number of benzene rings is 1. The number of carbonyl (C=O) groups is 2. The molecule has 0 aliphatic carbocycles. The lowest BCUT2D eigenvalue weighted by atomic mass is 9.92. The van der Waals surface area contributed by atoms with E-state index in [1.165, 1.54) is 4.90 Å². The molecule has 3 aliphatic rings. The Bertz CT molecular complexity index is 692. The number of fused-ring (bicyclic) bond motifs is 5. The van der Waals surface area contributed by atoms with Crippen LogP contribution in [0.2, 0.25) is 0 Å². The summed E-state index contributed by atoms with van der Waals surface area (Å²) in [4.78, 5) is 26.7. The third-order valence-electron chi connectivity index (χ3n) is 5.08. The van der Waals surface area contributed by atoms with E-state index < -0.39 is 23.9 Å². The number of amides is 2. The lowest BCUT2D eigenvalue weighted by molar-refractivity contribution is -0.149. The van der Waals surface area contributed by atoms with Gasteiger partial charge in [0.1, 0.15) is 18.2 Å². The Morgan fingerprint density at radius 3 is 2.78 bits per heavy atom. The zero-order valence-electron chi connectivity index (χ0n) is 13.2. The standard InChI is InChI=1S/C17H20FN3O2/c1-9(2)7-12-15(23)21-13(14(22)19-12)8-17(18)10-5-3-4-6-11(10)20-16(17)21/h3-6,9,12-13,16,20H,7-8H2,1-2H3,(H,19,22)/t12-,13-,16?,17?/m0/s1. The van der Waals surface area contributed by atoms with Gasteiger partial charge in [0, 0.05) is 17.7 Å². The summed E-state index contributed by atoms with van der Waals surface area (Å²) in [7, 11) is 0. The summed E-state index contributed by atoms with van der Waals surface area (Å²) < 4.78 is 15.7. The Morgan fingerprint density at radius 2 is 2.04 bits per heavy atom. The van der Waals surface area contributed by atoms with Crippen molar-refractivity contribution in [1.82, 2.24) is 10.2 Å². The summed E-state index contributed by atoms with van der Waals surface area (Å²) >= 11 is 0. The second-order valence-corrected chi connectivity index (χ2v) is 7.11. The first-order valence-electron chi connectivity index (χ1n) is 8.09. The molecule has 23 heavy (non-hydrogen) atoms. The molecule has 0 radical (unpaired) electrons. The van der Waals surface area contributed by atoms with Gasteiger partial charge in [0.15, 0.2) is 5.67 Å². The van der Waals surface area contributed by atoms with Gasteiger partial charge in [0.05, 0.1) is 0 Å². The maximum atomic E-state index is 15.7. The van der Waals surface area contributed by atoms with Crippen molar-refractivity contribution >= 4 is 17.5 Å². The number of nitrogens with one attached hydrogen (secondary N) is 2. The van der Waals surface area contributed by atoms with Crippen molar-refractivity contribution in [2.75, 3.05) is 5.32 Å². The summed E-state index contributed by atoms with van der Waals surface area (Å²) in [6, 6.07) is 5.86. The van der Waals surface area contributed by atoms with Crippen LogP contribution in [0.3, 0.4) is 0 Å². The molecular weight excluding hydrogens is 297 g/mol. The zero-order chi connectivity index (χ0) is 16.4. The average molecular weight is 317 g/mol. The van der Waals surface area contributed by atoms with Gasteiger partial charge in [-0.3, -0.25) is 9.59 Å². The SMILES string of the molecule is CC(C)C[C@@H]1NC(=O)[C@@H]2CC3(F)c4ccccc4NC3N2C1=O. The predicted octanol–water partition coefficient (Wildman–Crippen LogP) is 1.75. The Labute approximate surface area is 134 Å². The maximum absolute atomic E-state index is 15.7. The third-order valence-corrected chi connectivity index (χ3v) is 5.08. The summed E-state index contributed by atoms with van der Waals surface area (Å²) in [6.45, 7) is 4.00. The second-order valence-electron chi connectivity index (χ2n) is 7.11. The molecule has 3 aliphatic heterocycles. The first-order chi connectivity index (χ1) is 10.9. The summed E-state index contributed by atoms with van der Waals surface area (Å²) in [5, 5.41) is 5.89. The van der Waals surface area contributed by atoms with Gasteiger partial charge in [-0.15, -0.1) is 0 Å². The van der Waals surface area contributed by atoms with E-state index in [0.29, 0.717) is 17.7 Å². The number of anilines is 1. The minimum atomic E-state index is -1.71.